The van der Waals surface area contributed by atoms with E-state index >= 15 is 0 Å². The molecule has 26 heavy (non-hydrogen) atoms. The number of hydrogen-bond acceptors (Lipinski definition) is 4. The average Bonchev–Trinajstić information content (AvgIpc) is 2.67. The maximum absolute atomic E-state index is 10.8. The van der Waals surface area contributed by atoms with E-state index in [0.29, 0.717) is 11.3 Å². The lowest BCUT2D eigenvalue weighted by molar-refractivity contribution is -0.132. The molecule has 0 heterocycles. The Labute approximate surface area is 152 Å². The Kier molecular flexibility index (Phi) is 6.63. The molecule has 0 aromatic heterocycles. The van der Waals surface area contributed by atoms with Crippen molar-refractivity contribution in [2.24, 2.45) is 10.2 Å². The molecule has 0 amide bonds. The number of hydrogen-bond donors (Lipinski definition) is 1. The summed E-state index contributed by atoms with van der Waals surface area (Å²) >= 11 is 0. The number of nitrogens with zero attached hydrogens (tertiary/aromatic N) is 4. The molecule has 0 aliphatic carbocycles. The zero-order valence-corrected chi connectivity index (χ0v) is 14.8. The SMILES string of the molecule is [C-]#[N+]/C(=C\c1ccc(N=Nc2ccc(N(CC)CC)cc2)cc1)C(=O)O. The van der Waals surface area contributed by atoms with Gasteiger partial charge in [-0.25, -0.2) is 4.85 Å². The first kappa shape index (κ1) is 18.9. The van der Waals surface area contributed by atoms with Gasteiger partial charge in [0.15, 0.2) is 0 Å². The lowest BCUT2D eigenvalue weighted by Crippen LogP contribution is -2.21. The van der Waals surface area contributed by atoms with E-state index in [1.165, 1.54) is 6.08 Å². The summed E-state index contributed by atoms with van der Waals surface area (Å²) in [6.07, 6.45) is 1.32. The molecular weight excluding hydrogens is 328 g/mol. The highest BCUT2D eigenvalue weighted by Crippen LogP contribution is 2.23. The lowest BCUT2D eigenvalue weighted by atomic mass is 10.2. The Morgan fingerprint density at radius 3 is 1.96 bits per heavy atom. The molecule has 0 spiro atoms. The number of azo groups is 1. The van der Waals surface area contributed by atoms with E-state index in [9.17, 15) is 4.79 Å². The molecule has 0 unspecified atom stereocenters. The summed E-state index contributed by atoms with van der Waals surface area (Å²) in [7, 11) is 0. The Bertz CT molecular complexity index is 843. The summed E-state index contributed by atoms with van der Waals surface area (Å²) in [5, 5.41) is 17.3. The highest BCUT2D eigenvalue weighted by Gasteiger charge is 2.06. The smallest absolute Gasteiger partial charge is 0.333 e. The second-order valence-corrected chi connectivity index (χ2v) is 5.43. The van der Waals surface area contributed by atoms with E-state index in [1.807, 2.05) is 24.3 Å². The van der Waals surface area contributed by atoms with Crippen molar-refractivity contribution in [3.8, 4) is 0 Å². The van der Waals surface area contributed by atoms with Crippen LogP contribution in [-0.4, -0.2) is 24.2 Å². The maximum atomic E-state index is 10.8. The van der Waals surface area contributed by atoms with E-state index in [2.05, 4.69) is 33.8 Å². The fourth-order valence-electron chi connectivity index (χ4n) is 2.37. The number of carboxylic acids is 1. The lowest BCUT2D eigenvalue weighted by Gasteiger charge is -2.20. The van der Waals surface area contributed by atoms with Crippen molar-refractivity contribution < 1.29 is 9.90 Å². The van der Waals surface area contributed by atoms with Crippen LogP contribution in [0.25, 0.3) is 10.9 Å². The molecule has 0 saturated heterocycles. The van der Waals surface area contributed by atoms with Gasteiger partial charge in [0.2, 0.25) is 0 Å². The van der Waals surface area contributed by atoms with Crippen molar-refractivity contribution in [1.82, 2.24) is 0 Å². The van der Waals surface area contributed by atoms with E-state index in [0.717, 1.165) is 24.5 Å². The number of rotatable bonds is 7. The molecule has 2 rings (SSSR count). The van der Waals surface area contributed by atoms with Crippen LogP contribution >= 0.6 is 0 Å². The van der Waals surface area contributed by atoms with Crippen LogP contribution in [0.5, 0.6) is 0 Å². The third-order valence-electron chi connectivity index (χ3n) is 3.80. The molecule has 0 fully saturated rings. The van der Waals surface area contributed by atoms with Crippen molar-refractivity contribution in [2.75, 3.05) is 18.0 Å². The first-order valence-corrected chi connectivity index (χ1v) is 8.26. The minimum Gasteiger partial charge on any atom is -0.486 e. The van der Waals surface area contributed by atoms with Crippen molar-refractivity contribution in [1.29, 1.82) is 0 Å². The Hall–Kier alpha value is -3.46. The van der Waals surface area contributed by atoms with Crippen LogP contribution in [0.1, 0.15) is 19.4 Å². The summed E-state index contributed by atoms with van der Waals surface area (Å²) in [5.74, 6) is -1.24. The fraction of sp³-hybridized carbons (Fsp3) is 0.200. The van der Waals surface area contributed by atoms with Gasteiger partial charge >= 0.3 is 5.97 Å². The molecule has 132 valence electrons. The molecule has 0 bridgehead atoms. The molecule has 0 saturated carbocycles. The minimum absolute atomic E-state index is 0.326. The minimum atomic E-state index is -1.24. The van der Waals surface area contributed by atoms with Gasteiger partial charge in [-0.3, -0.25) is 4.79 Å². The molecule has 0 radical (unpaired) electrons. The second kappa shape index (κ2) is 9.14. The van der Waals surface area contributed by atoms with Crippen molar-refractivity contribution in [3.05, 3.63) is 71.2 Å². The summed E-state index contributed by atoms with van der Waals surface area (Å²) in [6, 6.07) is 14.7. The average molecular weight is 348 g/mol. The summed E-state index contributed by atoms with van der Waals surface area (Å²) in [5.41, 5.74) is 2.86. The monoisotopic (exact) mass is 348 g/mol. The van der Waals surface area contributed by atoms with Crippen molar-refractivity contribution in [3.63, 3.8) is 0 Å². The number of benzene rings is 2. The Morgan fingerprint density at radius 1 is 1.04 bits per heavy atom. The number of aliphatic carboxylic acids is 1. The van der Waals surface area contributed by atoms with Gasteiger partial charge in [-0.1, -0.05) is 12.1 Å². The van der Waals surface area contributed by atoms with Crippen LogP contribution < -0.4 is 4.90 Å². The molecule has 1 N–H and O–H groups in total. The van der Waals surface area contributed by atoms with Gasteiger partial charge in [-0.2, -0.15) is 10.2 Å². The fourth-order valence-corrected chi connectivity index (χ4v) is 2.37. The van der Waals surface area contributed by atoms with Crippen LogP contribution in [-0.2, 0) is 4.79 Å². The molecule has 0 atom stereocenters. The zero-order valence-electron chi connectivity index (χ0n) is 14.8. The van der Waals surface area contributed by atoms with E-state index in [-0.39, 0.29) is 5.70 Å². The first-order chi connectivity index (χ1) is 12.6. The van der Waals surface area contributed by atoms with Crippen molar-refractivity contribution in [2.45, 2.75) is 13.8 Å². The highest BCUT2D eigenvalue weighted by atomic mass is 16.4. The largest absolute Gasteiger partial charge is 0.486 e. The second-order valence-electron chi connectivity index (χ2n) is 5.43. The summed E-state index contributed by atoms with van der Waals surface area (Å²) in [4.78, 5) is 16.1. The molecular formula is C20H20N4O2. The predicted molar refractivity (Wildman–Crippen MR) is 103 cm³/mol. The van der Waals surface area contributed by atoms with Crippen LogP contribution in [0.4, 0.5) is 17.1 Å². The molecule has 0 aliphatic rings. The highest BCUT2D eigenvalue weighted by molar-refractivity contribution is 5.94. The van der Waals surface area contributed by atoms with E-state index in [4.69, 9.17) is 11.7 Å². The molecule has 0 aliphatic heterocycles. The summed E-state index contributed by atoms with van der Waals surface area (Å²) < 4.78 is 0. The van der Waals surface area contributed by atoms with Crippen molar-refractivity contribution >= 4 is 29.1 Å². The van der Waals surface area contributed by atoms with Crippen LogP contribution in [0.3, 0.4) is 0 Å². The molecule has 2 aromatic rings. The normalized spacial score (nSPS) is 11.3. The predicted octanol–water partition coefficient (Wildman–Crippen LogP) is 5.29. The van der Waals surface area contributed by atoms with Gasteiger partial charge in [0.25, 0.3) is 5.70 Å². The Morgan fingerprint density at radius 2 is 1.54 bits per heavy atom. The van der Waals surface area contributed by atoms with E-state index < -0.39 is 5.97 Å². The zero-order chi connectivity index (χ0) is 18.9. The number of anilines is 1. The van der Waals surface area contributed by atoms with Gasteiger partial charge in [-0.15, -0.1) is 0 Å². The number of carbonyl (C=O) groups is 1. The van der Waals surface area contributed by atoms with Gasteiger partial charge in [0.05, 0.1) is 17.9 Å². The molecule has 2 aromatic carbocycles. The molecule has 6 nitrogen and oxygen atoms in total. The third kappa shape index (κ3) is 5.02. The standard InChI is InChI=1S/C20H20N4O2/c1-4-24(5-2)18-12-10-17(11-13-18)23-22-16-8-6-15(7-9-16)14-19(21-3)20(25)26/h6-14H,4-5H2,1-2H3,(H,25,26)/b19-14-,23-22?. The topological polar surface area (TPSA) is 69.6 Å². The first-order valence-electron chi connectivity index (χ1n) is 8.26. The quantitative estimate of drug-likeness (QED) is 0.420. The summed E-state index contributed by atoms with van der Waals surface area (Å²) in [6.45, 7) is 13.0. The van der Waals surface area contributed by atoms with Crippen LogP contribution in [0.2, 0.25) is 0 Å². The Balaban J connectivity index is 2.09. The van der Waals surface area contributed by atoms with Crippen LogP contribution in [0.15, 0.2) is 64.5 Å². The van der Waals surface area contributed by atoms with Gasteiger partial charge in [-0.05, 0) is 61.9 Å². The number of carboxylic acid groups (broad SMARTS) is 1. The third-order valence-corrected chi connectivity index (χ3v) is 3.80. The van der Waals surface area contributed by atoms with Gasteiger partial charge < -0.3 is 10.0 Å². The van der Waals surface area contributed by atoms with E-state index in [1.54, 1.807) is 24.3 Å². The molecule has 6 heteroatoms. The van der Waals surface area contributed by atoms with Gasteiger partial charge in [0.1, 0.15) is 0 Å². The van der Waals surface area contributed by atoms with Gasteiger partial charge in [0, 0.05) is 18.8 Å². The van der Waals surface area contributed by atoms with Crippen LogP contribution in [0, 0.1) is 6.57 Å². The maximum Gasteiger partial charge on any atom is 0.333 e.